The number of halogens is 1. The van der Waals surface area contributed by atoms with E-state index in [9.17, 15) is 24.1 Å². The Labute approximate surface area is 112 Å². The number of nitrogens with zero attached hydrogens (tertiary/aromatic N) is 2. The highest BCUT2D eigenvalue weighted by Crippen LogP contribution is 2.24. The minimum Gasteiger partial charge on any atom is -0.481 e. The van der Waals surface area contributed by atoms with Crippen molar-refractivity contribution in [1.82, 2.24) is 4.90 Å². The maximum atomic E-state index is 13.2. The average molecular weight is 282 g/mol. The van der Waals surface area contributed by atoms with E-state index in [1.165, 1.54) is 11.0 Å². The van der Waals surface area contributed by atoms with Crippen molar-refractivity contribution in [3.05, 3.63) is 39.7 Å². The van der Waals surface area contributed by atoms with E-state index in [-0.39, 0.29) is 31.0 Å². The summed E-state index contributed by atoms with van der Waals surface area (Å²) in [6, 6.07) is 2.94. The largest absolute Gasteiger partial charge is 0.481 e. The molecule has 8 heteroatoms. The third kappa shape index (κ3) is 2.73. The molecule has 1 aromatic carbocycles. The molecule has 0 radical (unpaired) electrons. The van der Waals surface area contributed by atoms with E-state index in [1.807, 2.05) is 0 Å². The van der Waals surface area contributed by atoms with Crippen LogP contribution in [-0.4, -0.2) is 39.9 Å². The SMILES string of the molecule is O=C(O)CC1CN(C(=O)c2ccc(F)c([N+](=O)[O-])c2)C1. The van der Waals surface area contributed by atoms with Crippen LogP contribution in [0.2, 0.25) is 0 Å². The highest BCUT2D eigenvalue weighted by atomic mass is 19.1. The normalized spacial score (nSPS) is 14.8. The van der Waals surface area contributed by atoms with Gasteiger partial charge in [-0.1, -0.05) is 0 Å². The fraction of sp³-hybridized carbons (Fsp3) is 0.333. The maximum Gasteiger partial charge on any atom is 0.305 e. The van der Waals surface area contributed by atoms with E-state index < -0.39 is 28.3 Å². The third-order valence-corrected chi connectivity index (χ3v) is 3.10. The number of aliphatic carboxylic acids is 1. The standard InChI is InChI=1S/C12H11FN2O5/c13-9-2-1-8(4-10(9)15(19)20)12(18)14-5-7(6-14)3-11(16)17/h1-2,4,7H,3,5-6H2,(H,16,17). The number of hydrogen-bond donors (Lipinski definition) is 1. The summed E-state index contributed by atoms with van der Waals surface area (Å²) in [5.41, 5.74) is -0.731. The van der Waals surface area contributed by atoms with Crippen molar-refractivity contribution >= 4 is 17.6 Å². The monoisotopic (exact) mass is 282 g/mol. The number of nitro groups is 1. The Hall–Kier alpha value is -2.51. The fourth-order valence-electron chi connectivity index (χ4n) is 2.08. The van der Waals surface area contributed by atoms with Crippen LogP contribution in [-0.2, 0) is 4.79 Å². The summed E-state index contributed by atoms with van der Waals surface area (Å²) < 4.78 is 13.2. The van der Waals surface area contributed by atoms with Gasteiger partial charge >= 0.3 is 11.7 Å². The molecule has 1 aliphatic heterocycles. The molecule has 1 saturated heterocycles. The Bertz CT molecular complexity index is 583. The van der Waals surface area contributed by atoms with Crippen LogP contribution in [0.25, 0.3) is 0 Å². The van der Waals surface area contributed by atoms with Crippen molar-refractivity contribution < 1.29 is 24.0 Å². The zero-order chi connectivity index (χ0) is 14.9. The van der Waals surface area contributed by atoms with E-state index >= 15 is 0 Å². The van der Waals surface area contributed by atoms with Crippen LogP contribution in [0.4, 0.5) is 10.1 Å². The molecular weight excluding hydrogens is 271 g/mol. The smallest absolute Gasteiger partial charge is 0.305 e. The van der Waals surface area contributed by atoms with Crippen LogP contribution < -0.4 is 0 Å². The summed E-state index contributed by atoms with van der Waals surface area (Å²) >= 11 is 0. The molecule has 0 atom stereocenters. The Morgan fingerprint density at radius 2 is 2.10 bits per heavy atom. The second-order valence-electron chi connectivity index (χ2n) is 4.60. The molecule has 1 amide bonds. The molecule has 106 valence electrons. The first-order valence-corrected chi connectivity index (χ1v) is 5.83. The third-order valence-electron chi connectivity index (χ3n) is 3.10. The topological polar surface area (TPSA) is 101 Å². The highest BCUT2D eigenvalue weighted by Gasteiger charge is 2.33. The van der Waals surface area contributed by atoms with E-state index in [4.69, 9.17) is 5.11 Å². The quantitative estimate of drug-likeness (QED) is 0.662. The molecule has 0 saturated carbocycles. The molecule has 1 heterocycles. The van der Waals surface area contributed by atoms with E-state index in [0.717, 1.165) is 12.1 Å². The molecule has 0 aliphatic carbocycles. The summed E-state index contributed by atoms with van der Waals surface area (Å²) in [7, 11) is 0. The first-order chi connectivity index (χ1) is 9.38. The summed E-state index contributed by atoms with van der Waals surface area (Å²) in [5.74, 6) is -2.50. The lowest BCUT2D eigenvalue weighted by Gasteiger charge is -2.38. The number of benzene rings is 1. The Morgan fingerprint density at radius 1 is 1.45 bits per heavy atom. The lowest BCUT2D eigenvalue weighted by Crippen LogP contribution is -2.50. The van der Waals surface area contributed by atoms with Gasteiger partial charge < -0.3 is 10.0 Å². The van der Waals surface area contributed by atoms with Crippen molar-refractivity contribution in [3.8, 4) is 0 Å². The van der Waals surface area contributed by atoms with Crippen LogP contribution in [0.1, 0.15) is 16.8 Å². The van der Waals surface area contributed by atoms with Crippen molar-refractivity contribution in [3.63, 3.8) is 0 Å². The number of carboxylic acid groups (broad SMARTS) is 1. The van der Waals surface area contributed by atoms with Crippen LogP contribution in [0, 0.1) is 21.8 Å². The number of carboxylic acids is 1. The fourth-order valence-corrected chi connectivity index (χ4v) is 2.08. The molecule has 1 fully saturated rings. The molecule has 1 aliphatic rings. The van der Waals surface area contributed by atoms with Crippen LogP contribution >= 0.6 is 0 Å². The van der Waals surface area contributed by atoms with E-state index in [2.05, 4.69) is 0 Å². The molecule has 1 N–H and O–H groups in total. The van der Waals surface area contributed by atoms with Crippen LogP contribution in [0.15, 0.2) is 18.2 Å². The number of hydrogen-bond acceptors (Lipinski definition) is 4. The summed E-state index contributed by atoms with van der Waals surface area (Å²) in [5, 5.41) is 19.2. The summed E-state index contributed by atoms with van der Waals surface area (Å²) in [6.07, 6.45) is -0.0205. The molecule has 2 rings (SSSR count). The van der Waals surface area contributed by atoms with Gasteiger partial charge in [0, 0.05) is 30.6 Å². The van der Waals surface area contributed by atoms with Crippen molar-refractivity contribution in [2.75, 3.05) is 13.1 Å². The zero-order valence-corrected chi connectivity index (χ0v) is 10.3. The van der Waals surface area contributed by atoms with Gasteiger partial charge in [0.05, 0.1) is 11.3 Å². The van der Waals surface area contributed by atoms with Gasteiger partial charge in [0.15, 0.2) is 0 Å². The van der Waals surface area contributed by atoms with Crippen LogP contribution in [0.3, 0.4) is 0 Å². The number of rotatable bonds is 4. The molecule has 0 spiro atoms. The second-order valence-corrected chi connectivity index (χ2v) is 4.60. The van der Waals surface area contributed by atoms with Gasteiger partial charge in [0.25, 0.3) is 5.91 Å². The minimum atomic E-state index is -1.00. The molecular formula is C12H11FN2O5. The van der Waals surface area contributed by atoms with Crippen molar-refractivity contribution in [2.45, 2.75) is 6.42 Å². The maximum absolute atomic E-state index is 13.2. The van der Waals surface area contributed by atoms with Gasteiger partial charge in [-0.15, -0.1) is 0 Å². The summed E-state index contributed by atoms with van der Waals surface area (Å²) in [4.78, 5) is 33.5. The number of carbonyl (C=O) groups is 2. The molecule has 1 aromatic rings. The number of likely N-dealkylation sites (tertiary alicyclic amines) is 1. The van der Waals surface area contributed by atoms with Gasteiger partial charge in [0.2, 0.25) is 5.82 Å². The molecule has 0 aromatic heterocycles. The van der Waals surface area contributed by atoms with E-state index in [1.54, 1.807) is 0 Å². The van der Waals surface area contributed by atoms with Crippen molar-refractivity contribution in [1.29, 1.82) is 0 Å². The highest BCUT2D eigenvalue weighted by molar-refractivity contribution is 5.95. The minimum absolute atomic E-state index is 0.0203. The second kappa shape index (κ2) is 5.24. The molecule has 7 nitrogen and oxygen atoms in total. The predicted molar refractivity (Wildman–Crippen MR) is 64.7 cm³/mol. The Morgan fingerprint density at radius 3 is 2.65 bits per heavy atom. The van der Waals surface area contributed by atoms with Gasteiger partial charge in [-0.25, -0.2) is 0 Å². The number of amides is 1. The lowest BCUT2D eigenvalue weighted by molar-refractivity contribution is -0.387. The zero-order valence-electron chi connectivity index (χ0n) is 10.3. The van der Waals surface area contributed by atoms with Gasteiger partial charge in [-0.3, -0.25) is 19.7 Å². The van der Waals surface area contributed by atoms with Gasteiger partial charge in [-0.05, 0) is 12.1 Å². The van der Waals surface area contributed by atoms with Gasteiger partial charge in [-0.2, -0.15) is 4.39 Å². The molecule has 20 heavy (non-hydrogen) atoms. The van der Waals surface area contributed by atoms with Crippen LogP contribution in [0.5, 0.6) is 0 Å². The first-order valence-electron chi connectivity index (χ1n) is 5.83. The first kappa shape index (κ1) is 13.9. The average Bonchev–Trinajstić information content (AvgIpc) is 2.32. The van der Waals surface area contributed by atoms with Gasteiger partial charge in [0.1, 0.15) is 0 Å². The van der Waals surface area contributed by atoms with E-state index in [0.29, 0.717) is 0 Å². The Balaban J connectivity index is 2.06. The Kier molecular flexibility index (Phi) is 3.64. The lowest BCUT2D eigenvalue weighted by atomic mass is 9.95. The van der Waals surface area contributed by atoms with Crippen molar-refractivity contribution in [2.24, 2.45) is 5.92 Å². The molecule has 0 unspecified atom stereocenters. The summed E-state index contributed by atoms with van der Waals surface area (Å²) in [6.45, 7) is 0.576. The predicted octanol–water partition coefficient (Wildman–Crippen LogP) is 1.28. The number of nitro benzene ring substituents is 1. The molecule has 0 bridgehead atoms. The number of carbonyl (C=O) groups excluding carboxylic acids is 1.